The standard InChI is InChI=1S/C6H8N2O4/c9-5(10)6(11)4-2-1-3-8(4)7-12-6/h7,11H,1-3H2. The minimum absolute atomic E-state index is 0.322. The number of hydrogen-bond acceptors (Lipinski definition) is 5. The molecule has 12 heavy (non-hydrogen) atoms. The van der Waals surface area contributed by atoms with Gasteiger partial charge in [-0.2, -0.15) is 4.84 Å². The van der Waals surface area contributed by atoms with Crippen molar-refractivity contribution in [1.29, 1.82) is 0 Å². The van der Waals surface area contributed by atoms with E-state index >= 15 is 0 Å². The Morgan fingerprint density at radius 1 is 1.83 bits per heavy atom. The predicted octanol–water partition coefficient (Wildman–Crippen LogP) is -2.88. The second kappa shape index (κ2) is 2.18. The van der Waals surface area contributed by atoms with Crippen molar-refractivity contribution in [2.24, 2.45) is 0 Å². The summed E-state index contributed by atoms with van der Waals surface area (Å²) in [4.78, 5) is 15.0. The van der Waals surface area contributed by atoms with E-state index in [9.17, 15) is 15.0 Å². The van der Waals surface area contributed by atoms with Crippen LogP contribution in [0.2, 0.25) is 0 Å². The van der Waals surface area contributed by atoms with Gasteiger partial charge in [0.05, 0.1) is 0 Å². The molecule has 2 aliphatic rings. The number of carboxylic acid groups (broad SMARTS) is 1. The average molecular weight is 172 g/mol. The molecule has 2 aliphatic heterocycles. The Morgan fingerprint density at radius 2 is 2.58 bits per heavy atom. The number of nitrogens with zero attached hydrogens (tertiary/aromatic N) is 1. The number of hydrazine groups is 1. The Hall–Kier alpha value is -1.14. The molecule has 0 saturated carbocycles. The van der Waals surface area contributed by atoms with Gasteiger partial charge >= 0.3 is 5.79 Å². The first-order chi connectivity index (χ1) is 5.64. The van der Waals surface area contributed by atoms with Crippen LogP contribution in [-0.4, -0.2) is 33.8 Å². The van der Waals surface area contributed by atoms with Crippen molar-refractivity contribution in [2.75, 3.05) is 6.54 Å². The topological polar surface area (TPSA) is 84.6 Å². The van der Waals surface area contributed by atoms with E-state index < -0.39 is 11.8 Å². The van der Waals surface area contributed by atoms with Gasteiger partial charge < -0.3 is 15.0 Å². The maximum Gasteiger partial charge on any atom is 0.320 e. The molecule has 1 unspecified atom stereocenters. The molecule has 1 atom stereocenters. The molecule has 0 spiro atoms. The van der Waals surface area contributed by atoms with Crippen LogP contribution in [0.3, 0.4) is 0 Å². The van der Waals surface area contributed by atoms with Crippen molar-refractivity contribution in [3.05, 3.63) is 0 Å². The summed E-state index contributed by atoms with van der Waals surface area (Å²) in [6, 6.07) is 0. The van der Waals surface area contributed by atoms with Gasteiger partial charge in [0.15, 0.2) is 6.54 Å². The van der Waals surface area contributed by atoms with Crippen LogP contribution in [0, 0.1) is 0 Å². The minimum atomic E-state index is -2.27. The maximum absolute atomic E-state index is 10.5. The quantitative estimate of drug-likeness (QED) is 0.415. The van der Waals surface area contributed by atoms with Crippen molar-refractivity contribution in [3.63, 3.8) is 0 Å². The van der Waals surface area contributed by atoms with Gasteiger partial charge in [-0.1, -0.05) is 10.3 Å². The first-order valence-corrected chi connectivity index (χ1v) is 3.66. The Labute approximate surface area is 68.0 Å². The van der Waals surface area contributed by atoms with E-state index in [-0.39, 0.29) is 0 Å². The van der Waals surface area contributed by atoms with Gasteiger partial charge in [0.1, 0.15) is 5.97 Å². The lowest BCUT2D eigenvalue weighted by atomic mass is 10.1. The molecule has 2 rings (SSSR count). The van der Waals surface area contributed by atoms with E-state index in [0.29, 0.717) is 18.7 Å². The molecule has 0 aliphatic carbocycles. The number of aliphatic carboxylic acids is 1. The lowest BCUT2D eigenvalue weighted by molar-refractivity contribution is -0.621. The molecular formula is C6H8N2O4. The SMILES string of the molecule is O=C([O-])C1(O)ON[N+]2=C1CCC2. The third-order valence-electron chi connectivity index (χ3n) is 2.09. The third kappa shape index (κ3) is 0.759. The van der Waals surface area contributed by atoms with Crippen LogP contribution in [0.15, 0.2) is 0 Å². The van der Waals surface area contributed by atoms with Crippen molar-refractivity contribution in [2.45, 2.75) is 18.6 Å². The molecule has 2 heterocycles. The highest BCUT2D eigenvalue weighted by Gasteiger charge is 2.52. The number of carbonyl (C=O) groups is 1. The average Bonchev–Trinajstić information content (AvgIpc) is 2.54. The van der Waals surface area contributed by atoms with E-state index in [1.54, 1.807) is 0 Å². The van der Waals surface area contributed by atoms with Crippen LogP contribution in [0.1, 0.15) is 12.8 Å². The van der Waals surface area contributed by atoms with E-state index in [4.69, 9.17) is 0 Å². The number of carbonyl (C=O) groups excluding carboxylic acids is 1. The fraction of sp³-hybridized carbons (Fsp3) is 0.667. The van der Waals surface area contributed by atoms with E-state index in [2.05, 4.69) is 10.4 Å². The summed E-state index contributed by atoms with van der Waals surface area (Å²) >= 11 is 0. The molecule has 0 aromatic carbocycles. The van der Waals surface area contributed by atoms with Gasteiger partial charge in [0, 0.05) is 12.8 Å². The Kier molecular flexibility index (Phi) is 1.36. The highest BCUT2D eigenvalue weighted by Crippen LogP contribution is 2.20. The van der Waals surface area contributed by atoms with E-state index in [1.165, 1.54) is 4.68 Å². The fourth-order valence-electron chi connectivity index (χ4n) is 1.47. The van der Waals surface area contributed by atoms with E-state index in [1.807, 2.05) is 0 Å². The van der Waals surface area contributed by atoms with Crippen LogP contribution in [0.5, 0.6) is 0 Å². The lowest BCUT2D eigenvalue weighted by Crippen LogP contribution is -2.54. The Morgan fingerprint density at radius 3 is 3.25 bits per heavy atom. The zero-order chi connectivity index (χ0) is 8.77. The molecular weight excluding hydrogens is 164 g/mol. The lowest BCUT2D eigenvalue weighted by Gasteiger charge is -2.17. The van der Waals surface area contributed by atoms with Crippen molar-refractivity contribution < 1.29 is 24.5 Å². The van der Waals surface area contributed by atoms with Crippen LogP contribution in [-0.2, 0) is 9.63 Å². The van der Waals surface area contributed by atoms with Crippen LogP contribution in [0.25, 0.3) is 0 Å². The van der Waals surface area contributed by atoms with Crippen LogP contribution >= 0.6 is 0 Å². The summed E-state index contributed by atoms with van der Waals surface area (Å²) in [6.07, 6.45) is 1.32. The van der Waals surface area contributed by atoms with Crippen molar-refractivity contribution in [3.8, 4) is 0 Å². The first kappa shape index (κ1) is 7.51. The molecule has 2 N–H and O–H groups in total. The highest BCUT2D eigenvalue weighted by atomic mass is 16.8. The van der Waals surface area contributed by atoms with Gasteiger partial charge in [-0.3, -0.25) is 0 Å². The molecule has 0 aromatic rings. The highest BCUT2D eigenvalue weighted by molar-refractivity contribution is 6.05. The van der Waals surface area contributed by atoms with Gasteiger partial charge in [0.25, 0.3) is 5.71 Å². The Bertz CT molecular complexity index is 275. The largest absolute Gasteiger partial charge is 0.544 e. The zero-order valence-corrected chi connectivity index (χ0v) is 6.24. The monoisotopic (exact) mass is 172 g/mol. The zero-order valence-electron chi connectivity index (χ0n) is 6.24. The summed E-state index contributed by atoms with van der Waals surface area (Å²) in [7, 11) is 0. The van der Waals surface area contributed by atoms with Crippen LogP contribution < -0.4 is 10.7 Å². The number of rotatable bonds is 1. The second-order valence-electron chi connectivity index (χ2n) is 2.83. The summed E-state index contributed by atoms with van der Waals surface area (Å²) in [6.45, 7) is 0.644. The van der Waals surface area contributed by atoms with Crippen molar-refractivity contribution >= 4 is 11.7 Å². The maximum atomic E-state index is 10.5. The molecule has 0 amide bonds. The summed E-state index contributed by atoms with van der Waals surface area (Å²) in [5, 5.41) is 19.9. The summed E-state index contributed by atoms with van der Waals surface area (Å²) in [5.41, 5.74) is 2.64. The number of aliphatic hydroxyl groups is 1. The first-order valence-electron chi connectivity index (χ1n) is 3.66. The number of nitrogens with one attached hydrogen (secondary N) is 1. The molecule has 6 heteroatoms. The summed E-state index contributed by atoms with van der Waals surface area (Å²) in [5.74, 6) is -3.90. The normalized spacial score (nSPS) is 33.4. The van der Waals surface area contributed by atoms with Gasteiger partial charge in [-0.25, -0.2) is 0 Å². The van der Waals surface area contributed by atoms with Gasteiger partial charge in [-0.15, -0.1) is 0 Å². The van der Waals surface area contributed by atoms with Crippen LogP contribution in [0.4, 0.5) is 0 Å². The number of carboxylic acids is 1. The third-order valence-corrected chi connectivity index (χ3v) is 2.09. The molecule has 0 bridgehead atoms. The summed E-state index contributed by atoms with van der Waals surface area (Å²) < 4.78 is 1.48. The Balaban J connectivity index is 2.36. The minimum Gasteiger partial charge on any atom is -0.544 e. The molecule has 66 valence electrons. The fourth-order valence-corrected chi connectivity index (χ4v) is 1.47. The molecule has 0 radical (unpaired) electrons. The second-order valence-corrected chi connectivity index (χ2v) is 2.83. The van der Waals surface area contributed by atoms with Gasteiger partial charge in [0.2, 0.25) is 0 Å². The number of hydrazone groups is 1. The van der Waals surface area contributed by atoms with Crippen molar-refractivity contribution in [1.82, 2.24) is 5.59 Å². The molecule has 0 saturated heterocycles. The molecule has 6 nitrogen and oxygen atoms in total. The predicted molar refractivity (Wildman–Crippen MR) is 33.5 cm³/mol. The van der Waals surface area contributed by atoms with E-state index in [0.717, 1.165) is 6.42 Å². The number of hydrogen-bond donors (Lipinski definition) is 2. The molecule has 0 aromatic heterocycles. The smallest absolute Gasteiger partial charge is 0.320 e. The van der Waals surface area contributed by atoms with Gasteiger partial charge in [-0.05, 0) is 0 Å². The molecule has 0 fully saturated rings.